The number of hydrogen-bond acceptors (Lipinski definition) is 1. The SMILES string of the molecule is Br[13c]1[13cH][13c](Br)[13c](O[13c]2[13c](Br)[13cH][13c](Br)[13c](Br)[13c]2Br)[13cH][13c]1Br. The van der Waals surface area contributed by atoms with Gasteiger partial charge in [0.1, 0.15) is 5.75 Å². The van der Waals surface area contributed by atoms with Crippen molar-refractivity contribution < 1.29 is 4.74 Å². The largest absolute Gasteiger partial charge is 0.454 e. The maximum absolute atomic E-state index is 6.00. The number of rotatable bonds is 2. The van der Waals surface area contributed by atoms with Gasteiger partial charge in [-0.1, -0.05) is 0 Å². The summed E-state index contributed by atoms with van der Waals surface area (Å²) in [6.45, 7) is 0. The molecule has 0 aromatic heterocycles. The highest BCUT2D eigenvalue weighted by Gasteiger charge is 2.16. The van der Waals surface area contributed by atoms with E-state index in [1.165, 1.54) is 0 Å². The minimum absolute atomic E-state index is 0.690. The molecule has 0 atom stereocenters. The smallest absolute Gasteiger partial charge is 0.157 e. The Morgan fingerprint density at radius 3 is 1.75 bits per heavy atom. The van der Waals surface area contributed by atoms with Crippen LogP contribution in [-0.4, -0.2) is 0 Å². The summed E-state index contributed by atoms with van der Waals surface area (Å²) in [5.74, 6) is 1.39. The molecule has 0 N–H and O–H groups in total. The molecule has 0 aliphatic heterocycles. The van der Waals surface area contributed by atoms with Gasteiger partial charge in [-0.15, -0.1) is 0 Å². The van der Waals surface area contributed by atoms with Crippen LogP contribution in [0.3, 0.4) is 0 Å². The first kappa shape index (κ1) is 17.9. The Morgan fingerprint density at radius 2 is 1.10 bits per heavy atom. The van der Waals surface area contributed by atoms with E-state index in [1.807, 2.05) is 18.2 Å². The highest BCUT2D eigenvalue weighted by Crippen LogP contribution is 2.46. The zero-order valence-electron chi connectivity index (χ0n) is 9.29. The first-order valence-electron chi connectivity index (χ1n) is 4.96. The van der Waals surface area contributed by atoms with Crippen LogP contribution in [0.1, 0.15) is 0 Å². The molecule has 0 amide bonds. The van der Waals surface area contributed by atoms with Crippen molar-refractivity contribution in [3.8, 4) is 11.5 Å². The van der Waals surface area contributed by atoms with E-state index >= 15 is 0 Å². The Kier molecular flexibility index (Phi) is 6.68. The standard InChI is InChI=1S/C12H3Br7O/c13-4-1-6(15)9(3-5(4)14)20-12-8(17)2-7(16)10(18)11(12)19/h1-3H/i1+1,2+1,3+1,4+1,5+1,6+1,7+1,8+1,9+1,10+1,11+1,12+1. The molecule has 2 aromatic rings. The molecule has 0 radical (unpaired) electrons. The molecule has 0 fully saturated rings. The van der Waals surface area contributed by atoms with Crippen molar-refractivity contribution in [3.05, 3.63) is 49.5 Å². The average Bonchev–Trinajstić information content (AvgIpc) is 2.38. The molecule has 20 heavy (non-hydrogen) atoms. The number of ether oxygens (including phenoxy) is 1. The molecule has 1 nitrogen and oxygen atoms in total. The Bertz CT molecular complexity index is 684. The van der Waals surface area contributed by atoms with E-state index < -0.39 is 0 Å². The van der Waals surface area contributed by atoms with Crippen LogP contribution >= 0.6 is 112 Å². The fraction of sp³-hybridized carbons (Fsp3) is 0. The molecular formula is C12H3Br7O. The van der Waals surface area contributed by atoms with Gasteiger partial charge in [0.25, 0.3) is 0 Å². The van der Waals surface area contributed by atoms with E-state index in [4.69, 9.17) is 4.74 Å². The van der Waals surface area contributed by atoms with Crippen molar-refractivity contribution in [3.63, 3.8) is 0 Å². The summed E-state index contributed by atoms with van der Waals surface area (Å²) >= 11 is 24.4. The van der Waals surface area contributed by atoms with Crippen LogP contribution in [0.4, 0.5) is 0 Å². The maximum atomic E-state index is 6.00. The van der Waals surface area contributed by atoms with E-state index in [2.05, 4.69) is 112 Å². The quantitative estimate of drug-likeness (QED) is 0.222. The van der Waals surface area contributed by atoms with Crippen molar-refractivity contribution in [2.45, 2.75) is 0 Å². The lowest BCUT2D eigenvalue weighted by molar-refractivity contribution is 0.472. The number of halogens is 7. The fourth-order valence-corrected chi connectivity index (χ4v) is 5.31. The van der Waals surface area contributed by atoms with E-state index in [0.29, 0.717) is 11.5 Å². The van der Waals surface area contributed by atoms with Crippen LogP contribution in [-0.2, 0) is 0 Å². The summed E-state index contributed by atoms with van der Waals surface area (Å²) < 4.78 is 12.2. The lowest BCUT2D eigenvalue weighted by Crippen LogP contribution is -1.90. The van der Waals surface area contributed by atoms with Gasteiger partial charge in [-0.3, -0.25) is 0 Å². The fourth-order valence-electron chi connectivity index (χ4n) is 1.34. The van der Waals surface area contributed by atoms with E-state index in [9.17, 15) is 0 Å². The lowest BCUT2D eigenvalue weighted by atomic mass is 11.3. The number of hydrogen-bond donors (Lipinski definition) is 0. The molecule has 0 saturated carbocycles. The third kappa shape index (κ3) is 3.92. The van der Waals surface area contributed by atoms with E-state index in [-0.39, 0.29) is 0 Å². The van der Waals surface area contributed by atoms with Gasteiger partial charge in [-0.25, -0.2) is 0 Å². The van der Waals surface area contributed by atoms with Crippen LogP contribution in [0.25, 0.3) is 0 Å². The van der Waals surface area contributed by atoms with E-state index in [0.717, 1.165) is 31.3 Å². The van der Waals surface area contributed by atoms with E-state index in [1.54, 1.807) is 0 Å². The Hall–Kier alpha value is 1.60. The zero-order valence-corrected chi connectivity index (χ0v) is 20.4. The molecule has 106 valence electrons. The molecule has 0 aliphatic rings. The third-order valence-corrected chi connectivity index (χ3v) is 8.58. The molecule has 0 heterocycles. The second-order valence-corrected chi connectivity index (χ2v) is 9.45. The van der Waals surface area contributed by atoms with Gasteiger partial charge in [0.15, 0.2) is 5.75 Å². The van der Waals surface area contributed by atoms with Crippen molar-refractivity contribution >= 4 is 112 Å². The van der Waals surface area contributed by atoms with Gasteiger partial charge in [-0.2, -0.15) is 0 Å². The van der Waals surface area contributed by atoms with Gasteiger partial charge >= 0.3 is 0 Å². The molecule has 2 aromatic carbocycles. The van der Waals surface area contributed by atoms with Crippen molar-refractivity contribution in [2.75, 3.05) is 0 Å². The van der Waals surface area contributed by atoms with Crippen LogP contribution in [0, 0.1) is 0 Å². The van der Waals surface area contributed by atoms with Gasteiger partial charge < -0.3 is 4.74 Å². The highest BCUT2D eigenvalue weighted by atomic mass is 79.9. The first-order chi connectivity index (χ1) is 9.31. The summed E-state index contributed by atoms with van der Waals surface area (Å²) in [5.41, 5.74) is 0. The molecular weight excluding hydrogens is 731 g/mol. The zero-order chi connectivity index (χ0) is 15.0. The van der Waals surface area contributed by atoms with Crippen LogP contribution in [0.5, 0.6) is 11.5 Å². The van der Waals surface area contributed by atoms with Crippen molar-refractivity contribution in [1.29, 1.82) is 0 Å². The summed E-state index contributed by atoms with van der Waals surface area (Å²) in [6.07, 6.45) is 0. The Balaban J connectivity index is 2.51. The molecule has 2 rings (SSSR count). The van der Waals surface area contributed by atoms with Crippen molar-refractivity contribution in [2.24, 2.45) is 0 Å². The van der Waals surface area contributed by atoms with Crippen molar-refractivity contribution in [1.82, 2.24) is 0 Å². The van der Waals surface area contributed by atoms with Crippen LogP contribution < -0.4 is 4.74 Å². The monoisotopic (exact) mass is 727 g/mol. The molecule has 0 spiro atoms. The van der Waals surface area contributed by atoms with Crippen LogP contribution in [0.2, 0.25) is 0 Å². The molecule has 0 aliphatic carbocycles. The predicted molar refractivity (Wildman–Crippen MR) is 107 cm³/mol. The summed E-state index contributed by atoms with van der Waals surface area (Å²) in [6, 6.07) is 5.74. The van der Waals surface area contributed by atoms with Gasteiger partial charge in [0.2, 0.25) is 0 Å². The first-order valence-corrected chi connectivity index (χ1v) is 10.5. The third-order valence-electron chi connectivity index (χ3n) is 2.26. The Morgan fingerprint density at radius 1 is 0.550 bits per heavy atom. The highest BCUT2D eigenvalue weighted by molar-refractivity contribution is 9.14. The predicted octanol–water partition coefficient (Wildman–Crippen LogP) is 8.82. The average molecular weight is 734 g/mol. The second kappa shape index (κ2) is 7.45. The minimum atomic E-state index is 0.690. The van der Waals surface area contributed by atoms with Gasteiger partial charge in [-0.05, 0) is 130 Å². The molecule has 0 unspecified atom stereocenters. The molecule has 0 saturated heterocycles. The second-order valence-electron chi connectivity index (χ2n) is 3.60. The van der Waals surface area contributed by atoms with Gasteiger partial charge in [0, 0.05) is 17.9 Å². The maximum Gasteiger partial charge on any atom is 0.157 e. The summed E-state index contributed by atoms with van der Waals surface area (Å²) in [5, 5.41) is 0. The number of benzene rings is 2. The van der Waals surface area contributed by atoms with Gasteiger partial charge in [0.05, 0.1) is 13.4 Å². The molecule has 8 heteroatoms. The summed E-state index contributed by atoms with van der Waals surface area (Å²) in [7, 11) is 0. The summed E-state index contributed by atoms with van der Waals surface area (Å²) in [4.78, 5) is 0. The molecule has 0 bridgehead atoms. The normalized spacial score (nSPS) is 10.8. The lowest BCUT2D eigenvalue weighted by Gasteiger charge is -2.14. The van der Waals surface area contributed by atoms with Crippen LogP contribution in [0.15, 0.2) is 49.5 Å². The minimum Gasteiger partial charge on any atom is -0.454 e. The Labute approximate surface area is 175 Å². The topological polar surface area (TPSA) is 9.23 Å².